The highest BCUT2D eigenvalue weighted by atomic mass is 16.5. The zero-order chi connectivity index (χ0) is 14.7. The molecule has 2 fully saturated rings. The van der Waals surface area contributed by atoms with Crippen LogP contribution in [0, 0.1) is 0 Å². The Morgan fingerprint density at radius 2 is 2.48 bits per heavy atom. The predicted molar refractivity (Wildman–Crippen MR) is 80.5 cm³/mol. The van der Waals surface area contributed by atoms with E-state index < -0.39 is 0 Å². The summed E-state index contributed by atoms with van der Waals surface area (Å²) in [6.07, 6.45) is 4.40. The number of aromatic nitrogens is 1. The highest BCUT2D eigenvalue weighted by Gasteiger charge is 2.31. The maximum atomic E-state index is 11.6. The molecule has 0 spiro atoms. The van der Waals surface area contributed by atoms with Crippen LogP contribution in [0.3, 0.4) is 0 Å². The van der Waals surface area contributed by atoms with E-state index in [9.17, 15) is 4.79 Å². The van der Waals surface area contributed by atoms with Crippen LogP contribution in [0.15, 0.2) is 18.3 Å². The molecular weight excluding hydrogens is 268 g/mol. The first-order chi connectivity index (χ1) is 10.3. The minimum Gasteiger partial charge on any atom is -0.382 e. The Labute approximate surface area is 124 Å². The molecular formula is C15H22N4O2. The van der Waals surface area contributed by atoms with Gasteiger partial charge in [-0.1, -0.05) is 0 Å². The van der Waals surface area contributed by atoms with Crippen molar-refractivity contribution in [3.05, 3.63) is 24.0 Å². The number of fused-ring (bicyclic) bond motifs is 1. The third-order valence-electron chi connectivity index (χ3n) is 4.22. The Hall–Kier alpha value is -1.66. The van der Waals surface area contributed by atoms with Crippen LogP contribution in [0.25, 0.3) is 0 Å². The maximum Gasteiger partial charge on any atom is 0.269 e. The lowest BCUT2D eigenvalue weighted by Crippen LogP contribution is -2.48. The van der Waals surface area contributed by atoms with Gasteiger partial charge in [-0.05, 0) is 31.5 Å². The number of rotatable bonds is 4. The third-order valence-corrected chi connectivity index (χ3v) is 4.22. The first-order valence-corrected chi connectivity index (χ1v) is 7.54. The third kappa shape index (κ3) is 3.33. The molecule has 0 radical (unpaired) electrons. The number of hydrogen-bond donors (Lipinski definition) is 2. The average Bonchev–Trinajstić information content (AvgIpc) is 3.00. The number of anilines is 1. The van der Waals surface area contributed by atoms with Gasteiger partial charge in [-0.25, -0.2) is 0 Å². The van der Waals surface area contributed by atoms with Crippen LogP contribution in [0.1, 0.15) is 23.3 Å². The number of hydrogen-bond acceptors (Lipinski definition) is 5. The van der Waals surface area contributed by atoms with Crippen molar-refractivity contribution in [1.29, 1.82) is 0 Å². The number of morpholine rings is 1. The number of carbonyl (C=O) groups excluding carboxylic acids is 1. The number of pyridine rings is 1. The molecule has 2 aliphatic rings. The monoisotopic (exact) mass is 290 g/mol. The maximum absolute atomic E-state index is 11.6. The van der Waals surface area contributed by atoms with Crippen molar-refractivity contribution in [1.82, 2.24) is 15.2 Å². The number of nitrogens with one attached hydrogen (secondary N) is 2. The molecule has 6 nitrogen and oxygen atoms in total. The Bertz CT molecular complexity index is 508. The largest absolute Gasteiger partial charge is 0.382 e. The summed E-state index contributed by atoms with van der Waals surface area (Å²) in [6.45, 7) is 3.78. The summed E-state index contributed by atoms with van der Waals surface area (Å²) in [5, 5.41) is 5.92. The number of carbonyl (C=O) groups is 1. The lowest BCUT2D eigenvalue weighted by Gasteiger charge is -2.35. The van der Waals surface area contributed by atoms with Gasteiger partial charge in [0.1, 0.15) is 5.69 Å². The number of amides is 1. The average molecular weight is 290 g/mol. The van der Waals surface area contributed by atoms with E-state index in [1.165, 1.54) is 19.4 Å². The second-order valence-corrected chi connectivity index (χ2v) is 5.64. The predicted octanol–water partition coefficient (Wildman–Crippen LogP) is 0.716. The van der Waals surface area contributed by atoms with Gasteiger partial charge in [0.05, 0.1) is 12.7 Å². The van der Waals surface area contributed by atoms with Gasteiger partial charge in [-0.2, -0.15) is 0 Å². The first kappa shape index (κ1) is 14.3. The highest BCUT2D eigenvalue weighted by molar-refractivity contribution is 5.92. The zero-order valence-corrected chi connectivity index (χ0v) is 12.3. The van der Waals surface area contributed by atoms with Gasteiger partial charge >= 0.3 is 0 Å². The van der Waals surface area contributed by atoms with Crippen molar-refractivity contribution in [2.75, 3.05) is 38.6 Å². The van der Waals surface area contributed by atoms with E-state index in [1.807, 2.05) is 6.07 Å². The van der Waals surface area contributed by atoms with Crippen molar-refractivity contribution in [3.63, 3.8) is 0 Å². The van der Waals surface area contributed by atoms with E-state index in [0.29, 0.717) is 11.7 Å². The number of nitrogens with zero attached hydrogens (tertiary/aromatic N) is 2. The van der Waals surface area contributed by atoms with Crippen LogP contribution in [-0.2, 0) is 4.74 Å². The van der Waals surface area contributed by atoms with Gasteiger partial charge < -0.3 is 15.4 Å². The molecule has 0 bridgehead atoms. The van der Waals surface area contributed by atoms with Gasteiger partial charge in [0, 0.05) is 38.1 Å². The van der Waals surface area contributed by atoms with Gasteiger partial charge in [-0.3, -0.25) is 14.7 Å². The van der Waals surface area contributed by atoms with Crippen molar-refractivity contribution >= 4 is 11.6 Å². The second-order valence-electron chi connectivity index (χ2n) is 5.64. The Kier molecular flexibility index (Phi) is 4.36. The molecule has 21 heavy (non-hydrogen) atoms. The zero-order valence-electron chi connectivity index (χ0n) is 12.3. The van der Waals surface area contributed by atoms with Crippen LogP contribution >= 0.6 is 0 Å². The molecule has 0 saturated carbocycles. The highest BCUT2D eigenvalue weighted by Crippen LogP contribution is 2.22. The molecule has 2 atom stereocenters. The van der Waals surface area contributed by atoms with Crippen LogP contribution < -0.4 is 10.6 Å². The fraction of sp³-hybridized carbons (Fsp3) is 0.600. The van der Waals surface area contributed by atoms with Crippen LogP contribution in [0.2, 0.25) is 0 Å². The van der Waals surface area contributed by atoms with E-state index in [1.54, 1.807) is 19.3 Å². The molecule has 3 heterocycles. The summed E-state index contributed by atoms with van der Waals surface area (Å²) in [6, 6.07) is 4.26. The van der Waals surface area contributed by atoms with E-state index in [4.69, 9.17) is 4.74 Å². The Morgan fingerprint density at radius 3 is 3.33 bits per heavy atom. The lowest BCUT2D eigenvalue weighted by atomic mass is 10.2. The van der Waals surface area contributed by atoms with Crippen molar-refractivity contribution in [2.24, 2.45) is 0 Å². The van der Waals surface area contributed by atoms with Crippen LogP contribution in [0.5, 0.6) is 0 Å². The topological polar surface area (TPSA) is 66.5 Å². The van der Waals surface area contributed by atoms with Gasteiger partial charge in [0.2, 0.25) is 0 Å². The minimum atomic E-state index is -0.174. The Morgan fingerprint density at radius 1 is 1.57 bits per heavy atom. The van der Waals surface area contributed by atoms with Crippen LogP contribution in [0.4, 0.5) is 5.69 Å². The molecule has 2 unspecified atom stereocenters. The van der Waals surface area contributed by atoms with Gasteiger partial charge in [0.15, 0.2) is 0 Å². The molecule has 2 N–H and O–H groups in total. The standard InChI is InChI=1S/C15H22N4O2/c1-16-15(20)14-7-11(4-5-17-14)18-8-13-9-19-6-2-3-12(19)10-21-13/h4-5,7,12-13H,2-3,6,8-10H2,1H3,(H,16,20)(H,17,18). The normalized spacial score (nSPS) is 25.4. The molecule has 0 aromatic carbocycles. The summed E-state index contributed by atoms with van der Waals surface area (Å²) in [5.74, 6) is -0.174. The van der Waals surface area contributed by atoms with Crippen LogP contribution in [-0.4, -0.2) is 61.2 Å². The summed E-state index contributed by atoms with van der Waals surface area (Å²) < 4.78 is 5.91. The quantitative estimate of drug-likeness (QED) is 0.855. The van der Waals surface area contributed by atoms with Crippen molar-refractivity contribution < 1.29 is 9.53 Å². The molecule has 114 valence electrons. The summed E-state index contributed by atoms with van der Waals surface area (Å²) in [7, 11) is 1.60. The summed E-state index contributed by atoms with van der Waals surface area (Å²) in [5.41, 5.74) is 1.32. The van der Waals surface area contributed by atoms with E-state index in [2.05, 4.69) is 20.5 Å². The smallest absolute Gasteiger partial charge is 0.269 e. The van der Waals surface area contributed by atoms with Gasteiger partial charge in [0.25, 0.3) is 5.91 Å². The molecule has 3 rings (SSSR count). The SMILES string of the molecule is CNC(=O)c1cc(NCC2CN3CCCC3CO2)ccn1. The second kappa shape index (κ2) is 6.41. The van der Waals surface area contributed by atoms with E-state index in [0.717, 1.165) is 25.4 Å². The lowest BCUT2D eigenvalue weighted by molar-refractivity contribution is -0.0415. The molecule has 1 aromatic rings. The fourth-order valence-electron chi connectivity index (χ4n) is 3.03. The molecule has 2 aliphatic heterocycles. The summed E-state index contributed by atoms with van der Waals surface area (Å²) >= 11 is 0. The molecule has 1 amide bonds. The summed E-state index contributed by atoms with van der Waals surface area (Å²) in [4.78, 5) is 18.1. The van der Waals surface area contributed by atoms with Crippen molar-refractivity contribution in [2.45, 2.75) is 25.0 Å². The molecule has 1 aromatic heterocycles. The Balaban J connectivity index is 1.54. The van der Waals surface area contributed by atoms with E-state index >= 15 is 0 Å². The molecule has 0 aliphatic carbocycles. The van der Waals surface area contributed by atoms with E-state index in [-0.39, 0.29) is 12.0 Å². The fourth-order valence-corrected chi connectivity index (χ4v) is 3.03. The van der Waals surface area contributed by atoms with Gasteiger partial charge in [-0.15, -0.1) is 0 Å². The van der Waals surface area contributed by atoms with Crippen molar-refractivity contribution in [3.8, 4) is 0 Å². The molecule has 6 heteroatoms. The molecule has 2 saturated heterocycles. The first-order valence-electron chi connectivity index (χ1n) is 7.54. The number of ether oxygens (including phenoxy) is 1. The minimum absolute atomic E-state index is 0.174.